The average Bonchev–Trinajstić information content (AvgIpc) is 2.85. The lowest BCUT2D eigenvalue weighted by atomic mass is 9.63. The average molecular weight is 530 g/mol. The molecule has 0 saturated carbocycles. The second kappa shape index (κ2) is 14.6. The second-order valence-electron chi connectivity index (χ2n) is 11.3. The van der Waals surface area contributed by atoms with Gasteiger partial charge in [-0.2, -0.15) is 0 Å². The Bertz CT molecular complexity index is 1010. The number of rotatable bonds is 15. The van der Waals surface area contributed by atoms with E-state index in [-0.39, 0.29) is 24.7 Å². The summed E-state index contributed by atoms with van der Waals surface area (Å²) in [5.74, 6) is -1.06. The molecule has 1 aromatic rings. The molecule has 0 radical (unpaired) electrons. The van der Waals surface area contributed by atoms with Gasteiger partial charge in [0.2, 0.25) is 11.8 Å². The zero-order chi connectivity index (χ0) is 28.5. The monoisotopic (exact) mass is 529 g/mol. The summed E-state index contributed by atoms with van der Waals surface area (Å²) in [4.78, 5) is 28.8. The number of hydrogen-bond acceptors (Lipinski definition) is 4. The Morgan fingerprint density at radius 2 is 1.84 bits per heavy atom. The van der Waals surface area contributed by atoms with Gasteiger partial charge in [-0.3, -0.25) is 9.59 Å². The molecular formula is C31H48FN3O3. The van der Waals surface area contributed by atoms with Crippen LogP contribution >= 0.6 is 0 Å². The number of nitrogens with zero attached hydrogens (tertiary/aromatic N) is 1. The molecule has 0 fully saturated rings. The molecule has 0 spiro atoms. The van der Waals surface area contributed by atoms with Crippen LogP contribution in [0, 0.1) is 30.0 Å². The molecule has 0 aromatic heterocycles. The molecule has 1 unspecified atom stereocenters. The van der Waals surface area contributed by atoms with E-state index in [0.717, 1.165) is 36.9 Å². The molecule has 0 heterocycles. The first-order valence-electron chi connectivity index (χ1n) is 14.1. The molecule has 6 nitrogen and oxygen atoms in total. The van der Waals surface area contributed by atoms with Gasteiger partial charge < -0.3 is 21.1 Å². The molecular weight excluding hydrogens is 481 g/mol. The number of aliphatic hydroxyl groups is 1. The van der Waals surface area contributed by atoms with Crippen LogP contribution in [0.1, 0.15) is 71.4 Å². The van der Waals surface area contributed by atoms with Crippen LogP contribution in [0.2, 0.25) is 0 Å². The summed E-state index contributed by atoms with van der Waals surface area (Å²) in [5.41, 5.74) is 7.48. The highest BCUT2D eigenvalue weighted by molar-refractivity contribution is 5.96. The standard InChI is InChI=1S/C31H48FN3O3/c1-7-13-35(14-8-2)29(37)25-15-22(5)18-31(19-25,30(33)38)26(28(36)20-34-12-11-21(3)4)17-24-9-10-27(32)23(6)16-24/h9-10,15-16,18,21,26,28,34,36H,7-8,11-14,17,19-20H2,1-6H3,(H2,33,38)/t26-,28+,31?/m1/s1. The summed E-state index contributed by atoms with van der Waals surface area (Å²) in [6.45, 7) is 14.2. The summed E-state index contributed by atoms with van der Waals surface area (Å²) in [5, 5.41) is 14.8. The van der Waals surface area contributed by atoms with Crippen LogP contribution in [-0.2, 0) is 16.0 Å². The normalized spacial score (nSPS) is 19.1. The van der Waals surface area contributed by atoms with E-state index in [2.05, 4.69) is 19.2 Å². The predicted octanol–water partition coefficient (Wildman–Crippen LogP) is 4.69. The lowest BCUT2D eigenvalue weighted by Gasteiger charge is -2.42. The van der Waals surface area contributed by atoms with Crippen LogP contribution < -0.4 is 11.1 Å². The van der Waals surface area contributed by atoms with E-state index in [1.54, 1.807) is 19.1 Å². The minimum Gasteiger partial charge on any atom is -0.391 e. The topological polar surface area (TPSA) is 95.7 Å². The molecule has 1 aliphatic carbocycles. The highest BCUT2D eigenvalue weighted by Crippen LogP contribution is 2.44. The van der Waals surface area contributed by atoms with E-state index in [1.807, 2.05) is 37.8 Å². The van der Waals surface area contributed by atoms with Gasteiger partial charge >= 0.3 is 0 Å². The number of aryl methyl sites for hydroxylation is 1. The van der Waals surface area contributed by atoms with Crippen molar-refractivity contribution in [3.8, 4) is 0 Å². The molecule has 1 aromatic carbocycles. The summed E-state index contributed by atoms with van der Waals surface area (Å²) < 4.78 is 14.0. The minimum absolute atomic E-state index is 0.0901. The molecule has 4 N–H and O–H groups in total. The highest BCUT2D eigenvalue weighted by Gasteiger charge is 2.48. The zero-order valence-corrected chi connectivity index (χ0v) is 24.1. The zero-order valence-electron chi connectivity index (χ0n) is 24.1. The SMILES string of the molecule is CCCN(CCC)C(=O)C1=CC(C)=CC(C(N)=O)([C@H](Cc2ccc(F)c(C)c2)[C@@H](O)CNCCC(C)C)C1. The van der Waals surface area contributed by atoms with Crippen molar-refractivity contribution in [2.24, 2.45) is 23.0 Å². The fourth-order valence-electron chi connectivity index (χ4n) is 5.45. The Balaban J connectivity index is 2.49. The Labute approximate surface area is 228 Å². The van der Waals surface area contributed by atoms with Crippen molar-refractivity contribution in [3.63, 3.8) is 0 Å². The third-order valence-electron chi connectivity index (χ3n) is 7.43. The van der Waals surface area contributed by atoms with Crippen LogP contribution in [-0.4, -0.2) is 54.1 Å². The van der Waals surface area contributed by atoms with Crippen LogP contribution in [0.4, 0.5) is 4.39 Å². The maximum atomic E-state index is 14.0. The quantitative estimate of drug-likeness (QED) is 0.287. The van der Waals surface area contributed by atoms with E-state index in [1.165, 1.54) is 6.07 Å². The number of benzene rings is 1. The molecule has 2 amide bonds. The Kier molecular flexibility index (Phi) is 12.2. The van der Waals surface area contributed by atoms with E-state index >= 15 is 0 Å². The fourth-order valence-corrected chi connectivity index (χ4v) is 5.45. The molecule has 0 saturated heterocycles. The second-order valence-corrected chi connectivity index (χ2v) is 11.3. The largest absolute Gasteiger partial charge is 0.391 e. The molecule has 0 aliphatic heterocycles. The molecule has 7 heteroatoms. The number of halogens is 1. The number of carbonyl (C=O) groups excluding carboxylic acids is 2. The van der Waals surface area contributed by atoms with Crippen LogP contribution in [0.15, 0.2) is 41.5 Å². The van der Waals surface area contributed by atoms with Gasteiger partial charge in [0, 0.05) is 31.1 Å². The third-order valence-corrected chi connectivity index (χ3v) is 7.43. The van der Waals surface area contributed by atoms with Crippen molar-refractivity contribution in [1.29, 1.82) is 0 Å². The number of hydrogen-bond donors (Lipinski definition) is 3. The Morgan fingerprint density at radius 3 is 2.39 bits per heavy atom. The first kappa shape index (κ1) is 31.7. The summed E-state index contributed by atoms with van der Waals surface area (Å²) in [6.07, 6.45) is 5.82. The lowest BCUT2D eigenvalue weighted by Crippen LogP contribution is -2.52. The number of nitrogens with two attached hydrogens (primary N) is 1. The number of aliphatic hydroxyl groups excluding tert-OH is 1. The van der Waals surface area contributed by atoms with E-state index in [9.17, 15) is 19.1 Å². The molecule has 3 atom stereocenters. The first-order chi connectivity index (χ1) is 17.9. The molecule has 212 valence electrons. The van der Waals surface area contributed by atoms with Crippen molar-refractivity contribution < 1.29 is 19.1 Å². The number of nitrogens with one attached hydrogen (secondary N) is 1. The van der Waals surface area contributed by atoms with Crippen molar-refractivity contribution in [3.05, 3.63) is 58.4 Å². The molecule has 2 rings (SSSR count). The number of primary amides is 1. The van der Waals surface area contributed by atoms with Gasteiger partial charge in [-0.15, -0.1) is 0 Å². The van der Waals surface area contributed by atoms with Crippen molar-refractivity contribution in [1.82, 2.24) is 10.2 Å². The van der Waals surface area contributed by atoms with Crippen molar-refractivity contribution in [2.45, 2.75) is 79.8 Å². The van der Waals surface area contributed by atoms with Crippen LogP contribution in [0.3, 0.4) is 0 Å². The highest BCUT2D eigenvalue weighted by atomic mass is 19.1. The van der Waals surface area contributed by atoms with Crippen LogP contribution in [0.5, 0.6) is 0 Å². The third kappa shape index (κ3) is 8.24. The van der Waals surface area contributed by atoms with E-state index in [4.69, 9.17) is 5.73 Å². The van der Waals surface area contributed by atoms with E-state index < -0.39 is 23.3 Å². The van der Waals surface area contributed by atoms with Gasteiger partial charge in [0.25, 0.3) is 0 Å². The van der Waals surface area contributed by atoms with Crippen LogP contribution in [0.25, 0.3) is 0 Å². The number of amides is 2. The molecule has 38 heavy (non-hydrogen) atoms. The first-order valence-corrected chi connectivity index (χ1v) is 14.1. The van der Waals surface area contributed by atoms with Crippen molar-refractivity contribution >= 4 is 11.8 Å². The lowest BCUT2D eigenvalue weighted by molar-refractivity contribution is -0.132. The Hall–Kier alpha value is -2.51. The Morgan fingerprint density at radius 1 is 1.18 bits per heavy atom. The van der Waals surface area contributed by atoms with Gasteiger partial charge in [0.15, 0.2) is 0 Å². The summed E-state index contributed by atoms with van der Waals surface area (Å²) >= 11 is 0. The number of carbonyl (C=O) groups is 2. The van der Waals surface area contributed by atoms with Gasteiger partial charge in [0.05, 0.1) is 11.5 Å². The summed E-state index contributed by atoms with van der Waals surface area (Å²) in [7, 11) is 0. The maximum Gasteiger partial charge on any atom is 0.249 e. The molecule has 0 bridgehead atoms. The fraction of sp³-hybridized carbons (Fsp3) is 0.613. The van der Waals surface area contributed by atoms with Gasteiger partial charge in [-0.25, -0.2) is 4.39 Å². The minimum atomic E-state index is -1.27. The smallest absolute Gasteiger partial charge is 0.249 e. The molecule has 1 aliphatic rings. The van der Waals surface area contributed by atoms with Gasteiger partial charge in [0.1, 0.15) is 5.82 Å². The number of allylic oxidation sites excluding steroid dienone is 2. The maximum absolute atomic E-state index is 14.0. The van der Waals surface area contributed by atoms with E-state index in [0.29, 0.717) is 36.6 Å². The predicted molar refractivity (Wildman–Crippen MR) is 152 cm³/mol. The summed E-state index contributed by atoms with van der Waals surface area (Å²) in [6, 6.07) is 4.85. The van der Waals surface area contributed by atoms with Crippen molar-refractivity contribution in [2.75, 3.05) is 26.2 Å². The van der Waals surface area contributed by atoms with Gasteiger partial charge in [-0.05, 0) is 75.6 Å². The van der Waals surface area contributed by atoms with Gasteiger partial charge in [-0.1, -0.05) is 57.6 Å².